The largest absolute Gasteiger partial charge is 0.383 e. The van der Waals surface area contributed by atoms with Crippen molar-refractivity contribution in [1.29, 1.82) is 0 Å². The molecule has 1 aromatic heterocycles. The van der Waals surface area contributed by atoms with E-state index >= 15 is 0 Å². The van der Waals surface area contributed by atoms with Crippen LogP contribution in [0, 0.1) is 0 Å². The predicted octanol–water partition coefficient (Wildman–Crippen LogP) is 0.187. The van der Waals surface area contributed by atoms with E-state index in [1.165, 1.54) is 11.1 Å². The summed E-state index contributed by atoms with van der Waals surface area (Å²) in [7, 11) is 3.37. The van der Waals surface area contributed by atoms with Gasteiger partial charge in [0.05, 0.1) is 6.20 Å². The van der Waals surface area contributed by atoms with Crippen LogP contribution in [0.15, 0.2) is 6.20 Å². The molecule has 0 aliphatic carbocycles. The topological polar surface area (TPSA) is 64.2 Å². The van der Waals surface area contributed by atoms with Crippen LogP contribution in [0.1, 0.15) is 17.3 Å². The summed E-state index contributed by atoms with van der Waals surface area (Å²) in [5, 5.41) is 3.98. The minimum Gasteiger partial charge on any atom is -0.383 e. The van der Waals surface area contributed by atoms with Crippen molar-refractivity contribution in [2.45, 2.75) is 13.5 Å². The van der Waals surface area contributed by atoms with Gasteiger partial charge in [-0.15, -0.1) is 0 Å². The number of amides is 1. The lowest BCUT2D eigenvalue weighted by atomic mass is 10.3. The van der Waals surface area contributed by atoms with Crippen LogP contribution in [0.2, 0.25) is 0 Å². The molecule has 1 aromatic rings. The van der Waals surface area contributed by atoms with E-state index in [9.17, 15) is 4.79 Å². The monoisotopic (exact) mass is 182 g/mol. The molecule has 0 saturated carbocycles. The minimum atomic E-state index is -0.114. The van der Waals surface area contributed by atoms with Gasteiger partial charge in [0.2, 0.25) is 0 Å². The van der Waals surface area contributed by atoms with Gasteiger partial charge in [-0.1, -0.05) is 0 Å². The average Bonchev–Trinajstić information content (AvgIpc) is 2.45. The fourth-order valence-electron chi connectivity index (χ4n) is 1.05. The molecule has 0 radical (unpaired) electrons. The van der Waals surface area contributed by atoms with E-state index in [1.54, 1.807) is 18.8 Å². The van der Waals surface area contributed by atoms with Crippen LogP contribution in [0.25, 0.3) is 0 Å². The van der Waals surface area contributed by atoms with Gasteiger partial charge >= 0.3 is 0 Å². The van der Waals surface area contributed by atoms with Crippen LogP contribution in [-0.4, -0.2) is 34.7 Å². The molecular weight excluding hydrogens is 168 g/mol. The van der Waals surface area contributed by atoms with Crippen LogP contribution >= 0.6 is 0 Å². The molecule has 0 bridgehead atoms. The molecule has 1 heterocycles. The third-order valence-electron chi connectivity index (χ3n) is 1.82. The zero-order chi connectivity index (χ0) is 10.0. The van der Waals surface area contributed by atoms with Crippen molar-refractivity contribution >= 4 is 11.7 Å². The number of anilines is 1. The van der Waals surface area contributed by atoms with E-state index in [2.05, 4.69) is 5.10 Å². The summed E-state index contributed by atoms with van der Waals surface area (Å²) < 4.78 is 1.59. The maximum absolute atomic E-state index is 11.5. The van der Waals surface area contributed by atoms with Gasteiger partial charge in [0.25, 0.3) is 5.91 Å². The fourth-order valence-corrected chi connectivity index (χ4v) is 1.05. The molecule has 0 atom stereocenters. The van der Waals surface area contributed by atoms with E-state index in [4.69, 9.17) is 5.73 Å². The molecule has 0 saturated heterocycles. The first-order valence-electron chi connectivity index (χ1n) is 4.10. The zero-order valence-electron chi connectivity index (χ0n) is 8.11. The lowest BCUT2D eigenvalue weighted by Gasteiger charge is -2.08. The van der Waals surface area contributed by atoms with Gasteiger partial charge < -0.3 is 10.6 Å². The Hall–Kier alpha value is -1.52. The second-order valence-corrected chi connectivity index (χ2v) is 2.96. The summed E-state index contributed by atoms with van der Waals surface area (Å²) in [6.07, 6.45) is 1.50. The van der Waals surface area contributed by atoms with Gasteiger partial charge in [0.1, 0.15) is 11.4 Å². The highest BCUT2D eigenvalue weighted by atomic mass is 16.2. The molecule has 0 aromatic carbocycles. The first kappa shape index (κ1) is 9.57. The highest BCUT2D eigenvalue weighted by molar-refractivity contribution is 5.97. The van der Waals surface area contributed by atoms with Crippen LogP contribution in [0.4, 0.5) is 5.82 Å². The highest BCUT2D eigenvalue weighted by Crippen LogP contribution is 2.11. The number of nitrogens with two attached hydrogens (primary N) is 1. The summed E-state index contributed by atoms with van der Waals surface area (Å²) in [5.74, 6) is 0.318. The van der Waals surface area contributed by atoms with Crippen LogP contribution in [-0.2, 0) is 6.54 Å². The number of carbonyl (C=O) groups excluding carboxylic acids is 1. The molecule has 0 aliphatic heterocycles. The molecule has 5 nitrogen and oxygen atoms in total. The Labute approximate surface area is 77.1 Å². The zero-order valence-corrected chi connectivity index (χ0v) is 8.11. The Morgan fingerprint density at radius 3 is 2.69 bits per heavy atom. The Bertz CT molecular complexity index is 316. The van der Waals surface area contributed by atoms with Gasteiger partial charge in [-0.2, -0.15) is 5.10 Å². The van der Waals surface area contributed by atoms with E-state index in [0.717, 1.165) is 0 Å². The van der Waals surface area contributed by atoms with Gasteiger partial charge in [0.15, 0.2) is 0 Å². The third kappa shape index (κ3) is 1.63. The average molecular weight is 182 g/mol. The van der Waals surface area contributed by atoms with E-state index in [1.807, 2.05) is 6.92 Å². The standard InChI is InChI=1S/C8H14N4O/c1-4-12-7(9)6(5-10-12)8(13)11(2)3/h5H,4,9H2,1-3H3. The SMILES string of the molecule is CCn1ncc(C(=O)N(C)C)c1N. The summed E-state index contributed by atoms with van der Waals surface area (Å²) in [4.78, 5) is 13.0. The van der Waals surface area contributed by atoms with Crippen LogP contribution < -0.4 is 5.73 Å². The molecule has 5 heteroatoms. The third-order valence-corrected chi connectivity index (χ3v) is 1.82. The molecule has 1 amide bonds. The molecule has 0 fully saturated rings. The number of hydrogen-bond donors (Lipinski definition) is 1. The predicted molar refractivity (Wildman–Crippen MR) is 50.3 cm³/mol. The summed E-state index contributed by atoms with van der Waals surface area (Å²) in [6, 6.07) is 0. The molecule has 0 unspecified atom stereocenters. The Morgan fingerprint density at radius 2 is 2.31 bits per heavy atom. The first-order valence-corrected chi connectivity index (χ1v) is 4.10. The molecule has 0 aliphatic rings. The number of nitrogens with zero attached hydrogens (tertiary/aromatic N) is 3. The first-order chi connectivity index (χ1) is 6.07. The van der Waals surface area contributed by atoms with Crippen molar-refractivity contribution in [3.63, 3.8) is 0 Å². The Kier molecular flexibility index (Phi) is 2.55. The number of rotatable bonds is 2. The number of nitrogen functional groups attached to an aromatic ring is 1. The quantitative estimate of drug-likeness (QED) is 0.710. The fraction of sp³-hybridized carbons (Fsp3) is 0.500. The lowest BCUT2D eigenvalue weighted by Crippen LogP contribution is -2.22. The lowest BCUT2D eigenvalue weighted by molar-refractivity contribution is 0.0828. The van der Waals surface area contributed by atoms with Gasteiger partial charge in [0, 0.05) is 20.6 Å². The summed E-state index contributed by atoms with van der Waals surface area (Å²) >= 11 is 0. The number of aryl methyl sites for hydroxylation is 1. The van der Waals surface area contributed by atoms with Crippen LogP contribution in [0.5, 0.6) is 0 Å². The Balaban J connectivity index is 3.02. The molecule has 0 spiro atoms. The van der Waals surface area contributed by atoms with Crippen molar-refractivity contribution < 1.29 is 4.79 Å². The highest BCUT2D eigenvalue weighted by Gasteiger charge is 2.15. The van der Waals surface area contributed by atoms with Gasteiger partial charge in [-0.25, -0.2) is 4.68 Å². The van der Waals surface area contributed by atoms with Crippen molar-refractivity contribution in [3.8, 4) is 0 Å². The normalized spacial score (nSPS) is 10.1. The van der Waals surface area contributed by atoms with E-state index in [-0.39, 0.29) is 5.91 Å². The second-order valence-electron chi connectivity index (χ2n) is 2.96. The summed E-state index contributed by atoms with van der Waals surface area (Å²) in [5.41, 5.74) is 6.17. The number of hydrogen-bond acceptors (Lipinski definition) is 3. The molecule has 13 heavy (non-hydrogen) atoms. The van der Waals surface area contributed by atoms with Gasteiger partial charge in [-0.05, 0) is 6.92 Å². The van der Waals surface area contributed by atoms with Crippen LogP contribution in [0.3, 0.4) is 0 Å². The van der Waals surface area contributed by atoms with Gasteiger partial charge in [-0.3, -0.25) is 4.79 Å². The molecule has 1 rings (SSSR count). The van der Waals surface area contributed by atoms with E-state index in [0.29, 0.717) is 17.9 Å². The number of carbonyl (C=O) groups is 1. The molecule has 72 valence electrons. The van der Waals surface area contributed by atoms with Crippen molar-refractivity contribution in [2.75, 3.05) is 19.8 Å². The Morgan fingerprint density at radius 1 is 1.69 bits per heavy atom. The minimum absolute atomic E-state index is 0.114. The number of aromatic nitrogens is 2. The molecule has 2 N–H and O–H groups in total. The summed E-state index contributed by atoms with van der Waals surface area (Å²) in [6.45, 7) is 2.60. The smallest absolute Gasteiger partial charge is 0.258 e. The molecular formula is C8H14N4O. The van der Waals surface area contributed by atoms with Crippen molar-refractivity contribution in [3.05, 3.63) is 11.8 Å². The van der Waals surface area contributed by atoms with Crippen molar-refractivity contribution in [2.24, 2.45) is 0 Å². The van der Waals surface area contributed by atoms with E-state index < -0.39 is 0 Å². The maximum Gasteiger partial charge on any atom is 0.258 e. The van der Waals surface area contributed by atoms with Crippen molar-refractivity contribution in [1.82, 2.24) is 14.7 Å². The second kappa shape index (κ2) is 3.47. The maximum atomic E-state index is 11.5.